The Morgan fingerprint density at radius 2 is 1.12 bits per heavy atom. The van der Waals surface area contributed by atoms with Crippen molar-refractivity contribution in [2.24, 2.45) is 0 Å². The Morgan fingerprint density at radius 1 is 0.667 bits per heavy atom. The minimum absolute atomic E-state index is 0.0750. The molecule has 0 amide bonds. The summed E-state index contributed by atoms with van der Waals surface area (Å²) in [6.07, 6.45) is 27.9. The fraction of sp³-hybridized carbons (Fsp3) is 0.862. The van der Waals surface area contributed by atoms with E-state index in [1.54, 1.807) is 0 Å². The van der Waals surface area contributed by atoms with Gasteiger partial charge in [0.05, 0.1) is 6.42 Å². The van der Waals surface area contributed by atoms with Crippen LogP contribution < -0.4 is 0 Å². The van der Waals surface area contributed by atoms with Gasteiger partial charge in [0.2, 0.25) is 0 Å². The van der Waals surface area contributed by atoms with Gasteiger partial charge in [-0.15, -0.1) is 0 Å². The molecule has 0 saturated carbocycles. The minimum Gasteiger partial charge on any atom is -0.481 e. The van der Waals surface area contributed by atoms with E-state index in [1.807, 2.05) is 0 Å². The molecule has 4 nitrogen and oxygen atoms in total. The number of unbranched alkanes of at least 4 members (excludes halogenated alkanes) is 16. The van der Waals surface area contributed by atoms with Gasteiger partial charge in [-0.3, -0.25) is 9.59 Å². The fourth-order valence-corrected chi connectivity index (χ4v) is 4.13. The second-order valence-electron chi connectivity index (χ2n) is 9.60. The van der Waals surface area contributed by atoms with Crippen LogP contribution >= 0.6 is 0 Å². The first-order valence-electron chi connectivity index (χ1n) is 14.2. The standard InChI is InChI=1S/C29H54O4/c1-3-5-7-9-11-13-14-15-16-17-19-21-23-25-29(32)33-27(26-28(30)31)24-22-20-18-12-10-8-6-4-2/h13-14,27H,3-12,15-26H2,1-2H3,(H,30,31)/b14-13-. The zero-order chi connectivity index (χ0) is 24.4. The zero-order valence-corrected chi connectivity index (χ0v) is 22.0. The van der Waals surface area contributed by atoms with Crippen molar-refractivity contribution in [1.82, 2.24) is 0 Å². The summed E-state index contributed by atoms with van der Waals surface area (Å²) < 4.78 is 5.50. The molecule has 0 aliphatic heterocycles. The third-order valence-corrected chi connectivity index (χ3v) is 6.22. The molecule has 0 rings (SSSR count). The molecule has 0 aliphatic rings. The van der Waals surface area contributed by atoms with E-state index in [2.05, 4.69) is 26.0 Å². The first-order chi connectivity index (χ1) is 16.1. The SMILES string of the molecule is CCCCCC/C=C\CCCCCCCC(=O)OC(CCCCCCCCCC)CC(=O)O. The maximum Gasteiger partial charge on any atom is 0.307 e. The molecule has 0 aliphatic carbocycles. The first-order valence-corrected chi connectivity index (χ1v) is 14.2. The number of allylic oxidation sites excluding steroid dienone is 2. The van der Waals surface area contributed by atoms with Gasteiger partial charge in [0.15, 0.2) is 0 Å². The average molecular weight is 467 g/mol. The van der Waals surface area contributed by atoms with E-state index in [-0.39, 0.29) is 12.4 Å². The van der Waals surface area contributed by atoms with E-state index in [9.17, 15) is 9.59 Å². The van der Waals surface area contributed by atoms with Gasteiger partial charge in [0.25, 0.3) is 0 Å². The average Bonchev–Trinajstić information content (AvgIpc) is 2.78. The van der Waals surface area contributed by atoms with Crippen LogP contribution in [0.1, 0.15) is 155 Å². The predicted octanol–water partition coefficient (Wildman–Crippen LogP) is 9.16. The summed E-state index contributed by atoms with van der Waals surface area (Å²) in [7, 11) is 0. The van der Waals surface area contributed by atoms with Crippen molar-refractivity contribution in [3.63, 3.8) is 0 Å². The van der Waals surface area contributed by atoms with Gasteiger partial charge in [-0.2, -0.15) is 0 Å². The maximum atomic E-state index is 12.1. The summed E-state index contributed by atoms with van der Waals surface area (Å²) >= 11 is 0. The van der Waals surface area contributed by atoms with E-state index in [4.69, 9.17) is 9.84 Å². The largest absolute Gasteiger partial charge is 0.481 e. The smallest absolute Gasteiger partial charge is 0.307 e. The number of rotatable bonds is 25. The van der Waals surface area contributed by atoms with Crippen molar-refractivity contribution in [1.29, 1.82) is 0 Å². The normalized spacial score (nSPS) is 12.3. The number of ether oxygens (including phenoxy) is 1. The number of carboxylic acids is 1. The molecule has 0 aromatic heterocycles. The minimum atomic E-state index is -0.887. The highest BCUT2D eigenvalue weighted by atomic mass is 16.5. The molecule has 0 aromatic rings. The second kappa shape index (κ2) is 25.3. The lowest BCUT2D eigenvalue weighted by Gasteiger charge is -2.16. The van der Waals surface area contributed by atoms with E-state index in [1.165, 1.54) is 83.5 Å². The van der Waals surface area contributed by atoms with Crippen molar-refractivity contribution < 1.29 is 19.4 Å². The molecule has 4 heteroatoms. The van der Waals surface area contributed by atoms with Crippen molar-refractivity contribution in [3.8, 4) is 0 Å². The quantitative estimate of drug-likeness (QED) is 0.0827. The van der Waals surface area contributed by atoms with Gasteiger partial charge in [0.1, 0.15) is 6.10 Å². The number of esters is 1. The Bertz CT molecular complexity index is 472. The number of hydrogen-bond acceptors (Lipinski definition) is 3. The molecule has 33 heavy (non-hydrogen) atoms. The number of carbonyl (C=O) groups excluding carboxylic acids is 1. The highest BCUT2D eigenvalue weighted by Crippen LogP contribution is 2.16. The highest BCUT2D eigenvalue weighted by molar-refractivity contribution is 5.71. The second-order valence-corrected chi connectivity index (χ2v) is 9.60. The molecular weight excluding hydrogens is 412 g/mol. The summed E-state index contributed by atoms with van der Waals surface area (Å²) in [5, 5.41) is 9.12. The summed E-state index contributed by atoms with van der Waals surface area (Å²) in [6.45, 7) is 4.47. The highest BCUT2D eigenvalue weighted by Gasteiger charge is 2.17. The van der Waals surface area contributed by atoms with Crippen LogP contribution in [0.25, 0.3) is 0 Å². The maximum absolute atomic E-state index is 12.1. The van der Waals surface area contributed by atoms with E-state index in [0.717, 1.165) is 38.5 Å². The number of aliphatic carboxylic acids is 1. The van der Waals surface area contributed by atoms with E-state index < -0.39 is 12.1 Å². The molecule has 1 unspecified atom stereocenters. The van der Waals surface area contributed by atoms with Crippen molar-refractivity contribution in [2.45, 2.75) is 161 Å². The van der Waals surface area contributed by atoms with Crippen LogP contribution in [0.3, 0.4) is 0 Å². The molecule has 0 radical (unpaired) electrons. The van der Waals surface area contributed by atoms with Gasteiger partial charge < -0.3 is 9.84 Å². The molecule has 1 atom stereocenters. The van der Waals surface area contributed by atoms with E-state index in [0.29, 0.717) is 12.8 Å². The van der Waals surface area contributed by atoms with Crippen molar-refractivity contribution >= 4 is 11.9 Å². The summed E-state index contributed by atoms with van der Waals surface area (Å²) in [5.41, 5.74) is 0. The Balaban J connectivity index is 3.73. The lowest BCUT2D eigenvalue weighted by Crippen LogP contribution is -2.21. The monoisotopic (exact) mass is 466 g/mol. The van der Waals surface area contributed by atoms with Crippen LogP contribution in [0, 0.1) is 0 Å². The first kappa shape index (κ1) is 31.7. The molecule has 194 valence electrons. The summed E-state index contributed by atoms with van der Waals surface area (Å²) in [6, 6.07) is 0. The lowest BCUT2D eigenvalue weighted by atomic mass is 10.0. The van der Waals surface area contributed by atoms with Crippen molar-refractivity contribution in [2.75, 3.05) is 0 Å². The van der Waals surface area contributed by atoms with Gasteiger partial charge >= 0.3 is 11.9 Å². The third-order valence-electron chi connectivity index (χ3n) is 6.22. The third kappa shape index (κ3) is 25.1. The molecule has 1 N–H and O–H groups in total. The van der Waals surface area contributed by atoms with Crippen LogP contribution in [0.5, 0.6) is 0 Å². The number of hydrogen-bond donors (Lipinski definition) is 1. The molecule has 0 fully saturated rings. The molecule has 0 heterocycles. The van der Waals surface area contributed by atoms with Gasteiger partial charge in [-0.05, 0) is 44.9 Å². The molecular formula is C29H54O4. The van der Waals surface area contributed by atoms with Crippen LogP contribution in [-0.2, 0) is 14.3 Å². The summed E-state index contributed by atoms with van der Waals surface area (Å²) in [5.74, 6) is -1.12. The van der Waals surface area contributed by atoms with Gasteiger partial charge in [0, 0.05) is 6.42 Å². The van der Waals surface area contributed by atoms with Crippen molar-refractivity contribution in [3.05, 3.63) is 12.2 Å². The Kier molecular flexibility index (Phi) is 24.3. The van der Waals surface area contributed by atoms with Gasteiger partial charge in [-0.1, -0.05) is 109 Å². The van der Waals surface area contributed by atoms with Crippen LogP contribution in [0.2, 0.25) is 0 Å². The lowest BCUT2D eigenvalue weighted by molar-refractivity contribution is -0.153. The Morgan fingerprint density at radius 3 is 1.67 bits per heavy atom. The van der Waals surface area contributed by atoms with Crippen LogP contribution in [0.4, 0.5) is 0 Å². The molecule has 0 spiro atoms. The molecule has 0 saturated heterocycles. The predicted molar refractivity (Wildman–Crippen MR) is 140 cm³/mol. The molecule has 0 bridgehead atoms. The molecule has 0 aromatic carbocycles. The fourth-order valence-electron chi connectivity index (χ4n) is 4.13. The Hall–Kier alpha value is -1.32. The number of carbonyl (C=O) groups is 2. The van der Waals surface area contributed by atoms with Crippen LogP contribution in [0.15, 0.2) is 12.2 Å². The zero-order valence-electron chi connectivity index (χ0n) is 22.0. The number of carboxylic acid groups (broad SMARTS) is 1. The van der Waals surface area contributed by atoms with Crippen LogP contribution in [-0.4, -0.2) is 23.1 Å². The topological polar surface area (TPSA) is 63.6 Å². The Labute approximate surface area is 204 Å². The van der Waals surface area contributed by atoms with E-state index >= 15 is 0 Å². The summed E-state index contributed by atoms with van der Waals surface area (Å²) in [4.78, 5) is 23.3. The van der Waals surface area contributed by atoms with Gasteiger partial charge in [-0.25, -0.2) is 0 Å².